The summed E-state index contributed by atoms with van der Waals surface area (Å²) >= 11 is 1.23. The van der Waals surface area contributed by atoms with Gasteiger partial charge in [-0.15, -0.1) is 11.3 Å². The smallest absolute Gasteiger partial charge is 0.309 e. The molecule has 0 spiro atoms. The summed E-state index contributed by atoms with van der Waals surface area (Å²) in [5, 5.41) is 5.55. The Labute approximate surface area is 168 Å². The van der Waals surface area contributed by atoms with E-state index in [1.807, 2.05) is 13.8 Å². The first-order valence-corrected chi connectivity index (χ1v) is 11.2. The van der Waals surface area contributed by atoms with E-state index in [1.54, 1.807) is 17.5 Å². The number of sulfone groups is 1. The fourth-order valence-corrected chi connectivity index (χ4v) is 5.23. The molecule has 0 saturated carbocycles. The van der Waals surface area contributed by atoms with Crippen LogP contribution >= 0.6 is 11.3 Å². The lowest BCUT2D eigenvalue weighted by atomic mass is 10.1. The van der Waals surface area contributed by atoms with Crippen LogP contribution in [0.15, 0.2) is 46.7 Å². The first-order valence-electron chi connectivity index (χ1n) is 8.80. The highest BCUT2D eigenvalue weighted by Crippen LogP contribution is 2.31. The maximum atomic E-state index is 13.1. The van der Waals surface area contributed by atoms with E-state index in [2.05, 4.69) is 10.6 Å². The monoisotopic (exact) mass is 426 g/mol. The van der Waals surface area contributed by atoms with Gasteiger partial charge < -0.3 is 10.6 Å². The Morgan fingerprint density at radius 2 is 1.71 bits per heavy atom. The van der Waals surface area contributed by atoms with E-state index < -0.39 is 32.7 Å². The van der Waals surface area contributed by atoms with E-state index in [-0.39, 0.29) is 11.4 Å². The molecule has 1 aromatic heterocycles. The zero-order valence-electron chi connectivity index (χ0n) is 15.6. The van der Waals surface area contributed by atoms with Gasteiger partial charge in [0.15, 0.2) is 9.84 Å². The predicted molar refractivity (Wildman–Crippen MR) is 106 cm³/mol. The molecular weight excluding hydrogens is 403 g/mol. The van der Waals surface area contributed by atoms with Crippen LogP contribution in [0.5, 0.6) is 0 Å². The number of carbonyl (C=O) groups is 2. The van der Waals surface area contributed by atoms with Gasteiger partial charge in [0.2, 0.25) is 0 Å². The molecule has 0 aliphatic heterocycles. The van der Waals surface area contributed by atoms with Crippen LogP contribution in [0.25, 0.3) is 0 Å². The van der Waals surface area contributed by atoms with Gasteiger partial charge in [-0.05, 0) is 48.1 Å². The standard InChI is InChI=1S/C19H23FN2O4S2/c1-13(2)9-10-21-18(23)19(24)22-12-17(16-4-3-11-27-16)28(25,26)15-7-5-14(20)6-8-15/h3-8,11,13,17H,9-10,12H2,1-2H3,(H,21,23)(H,22,24)/t17-/m0/s1. The highest BCUT2D eigenvalue weighted by Gasteiger charge is 2.31. The van der Waals surface area contributed by atoms with Crippen LogP contribution in [-0.4, -0.2) is 33.3 Å². The summed E-state index contributed by atoms with van der Waals surface area (Å²) in [5.41, 5.74) is 0. The molecule has 0 aliphatic rings. The molecule has 0 saturated heterocycles. The van der Waals surface area contributed by atoms with Crippen LogP contribution in [-0.2, 0) is 19.4 Å². The maximum absolute atomic E-state index is 13.1. The molecule has 152 valence electrons. The van der Waals surface area contributed by atoms with Crippen LogP contribution in [0.2, 0.25) is 0 Å². The van der Waals surface area contributed by atoms with Crippen LogP contribution in [0.4, 0.5) is 4.39 Å². The summed E-state index contributed by atoms with van der Waals surface area (Å²) in [4.78, 5) is 24.4. The van der Waals surface area contributed by atoms with Crippen molar-refractivity contribution in [2.45, 2.75) is 30.4 Å². The minimum absolute atomic E-state index is 0.0528. The number of carbonyl (C=O) groups excluding carboxylic acids is 2. The highest BCUT2D eigenvalue weighted by molar-refractivity contribution is 7.91. The van der Waals surface area contributed by atoms with Crippen LogP contribution in [0, 0.1) is 11.7 Å². The van der Waals surface area contributed by atoms with Gasteiger partial charge in [-0.1, -0.05) is 19.9 Å². The zero-order chi connectivity index (χ0) is 20.7. The molecule has 2 aromatic rings. The number of amides is 2. The van der Waals surface area contributed by atoms with Gasteiger partial charge in [-0.3, -0.25) is 9.59 Å². The third-order valence-corrected chi connectivity index (χ3v) is 7.27. The molecular formula is C19H23FN2O4S2. The van der Waals surface area contributed by atoms with E-state index >= 15 is 0 Å². The van der Waals surface area contributed by atoms with E-state index in [0.717, 1.165) is 18.6 Å². The summed E-state index contributed by atoms with van der Waals surface area (Å²) in [6.45, 7) is 4.10. The van der Waals surface area contributed by atoms with Crippen molar-refractivity contribution in [3.8, 4) is 0 Å². The first-order chi connectivity index (χ1) is 13.2. The Kier molecular flexibility index (Phi) is 7.70. The largest absolute Gasteiger partial charge is 0.348 e. The Hall–Kier alpha value is -2.26. The van der Waals surface area contributed by atoms with E-state index in [1.165, 1.54) is 23.5 Å². The summed E-state index contributed by atoms with van der Waals surface area (Å²) in [6, 6.07) is 7.86. The van der Waals surface area contributed by atoms with Gasteiger partial charge >= 0.3 is 11.8 Å². The third kappa shape index (κ3) is 5.87. The van der Waals surface area contributed by atoms with Gasteiger partial charge in [-0.2, -0.15) is 0 Å². The number of rotatable bonds is 8. The summed E-state index contributed by atoms with van der Waals surface area (Å²) < 4.78 is 39.2. The van der Waals surface area contributed by atoms with Crippen molar-refractivity contribution in [1.82, 2.24) is 10.6 Å². The second-order valence-electron chi connectivity index (χ2n) is 6.65. The summed E-state index contributed by atoms with van der Waals surface area (Å²) in [6.07, 6.45) is 0.732. The van der Waals surface area contributed by atoms with Crippen LogP contribution < -0.4 is 10.6 Å². The molecule has 6 nitrogen and oxygen atoms in total. The van der Waals surface area contributed by atoms with Gasteiger partial charge in [0, 0.05) is 18.0 Å². The summed E-state index contributed by atoms with van der Waals surface area (Å²) in [7, 11) is -3.89. The Balaban J connectivity index is 2.11. The minimum atomic E-state index is -3.89. The van der Waals surface area contributed by atoms with Crippen molar-refractivity contribution < 1.29 is 22.4 Å². The van der Waals surface area contributed by atoms with Gasteiger partial charge in [0.25, 0.3) is 0 Å². The van der Waals surface area contributed by atoms with Crippen molar-refractivity contribution in [2.75, 3.05) is 13.1 Å². The van der Waals surface area contributed by atoms with Gasteiger partial charge in [-0.25, -0.2) is 12.8 Å². The van der Waals surface area contributed by atoms with E-state index in [9.17, 15) is 22.4 Å². The average Bonchev–Trinajstić information content (AvgIpc) is 3.15. The Morgan fingerprint density at radius 1 is 1.07 bits per heavy atom. The second-order valence-corrected chi connectivity index (χ2v) is 9.76. The highest BCUT2D eigenvalue weighted by atomic mass is 32.2. The molecule has 0 aliphatic carbocycles. The quantitative estimate of drug-likeness (QED) is 0.501. The molecule has 1 atom stereocenters. The van der Waals surface area contributed by atoms with Crippen molar-refractivity contribution in [3.05, 3.63) is 52.5 Å². The topological polar surface area (TPSA) is 92.3 Å². The van der Waals surface area contributed by atoms with Crippen molar-refractivity contribution in [2.24, 2.45) is 5.92 Å². The minimum Gasteiger partial charge on any atom is -0.348 e. The molecule has 2 N–H and O–H groups in total. The zero-order valence-corrected chi connectivity index (χ0v) is 17.3. The molecule has 1 heterocycles. The molecule has 9 heteroatoms. The number of hydrogen-bond acceptors (Lipinski definition) is 5. The first kappa shape index (κ1) is 22.0. The lowest BCUT2D eigenvalue weighted by Gasteiger charge is -2.17. The molecule has 0 bridgehead atoms. The van der Waals surface area contributed by atoms with Crippen LogP contribution in [0.1, 0.15) is 30.4 Å². The second kappa shape index (κ2) is 9.79. The lowest BCUT2D eigenvalue weighted by Crippen LogP contribution is -2.42. The number of thiophene rings is 1. The Bertz CT molecular complexity index is 895. The van der Waals surface area contributed by atoms with Crippen LogP contribution in [0.3, 0.4) is 0 Å². The fraction of sp³-hybridized carbons (Fsp3) is 0.368. The SMILES string of the molecule is CC(C)CCNC(=O)C(=O)NC[C@@H](c1cccs1)S(=O)(=O)c1ccc(F)cc1. The lowest BCUT2D eigenvalue weighted by molar-refractivity contribution is -0.139. The molecule has 0 radical (unpaired) electrons. The average molecular weight is 427 g/mol. The molecule has 28 heavy (non-hydrogen) atoms. The number of benzene rings is 1. The van der Waals surface area contributed by atoms with Crippen molar-refractivity contribution >= 4 is 33.0 Å². The predicted octanol–water partition coefficient (Wildman–Crippen LogP) is 2.68. The fourth-order valence-electron chi connectivity index (χ4n) is 2.45. The van der Waals surface area contributed by atoms with Crippen molar-refractivity contribution in [1.29, 1.82) is 0 Å². The molecule has 0 fully saturated rings. The van der Waals surface area contributed by atoms with Gasteiger partial charge in [0.05, 0.1) is 4.90 Å². The maximum Gasteiger partial charge on any atom is 0.309 e. The number of hydrogen-bond donors (Lipinski definition) is 2. The third-order valence-electron chi connectivity index (χ3n) is 4.04. The normalized spacial score (nSPS) is 12.6. The summed E-state index contributed by atoms with van der Waals surface area (Å²) in [5.74, 6) is -1.85. The number of halogens is 1. The van der Waals surface area contributed by atoms with Gasteiger partial charge in [0.1, 0.15) is 11.1 Å². The Morgan fingerprint density at radius 3 is 2.29 bits per heavy atom. The molecule has 1 aromatic carbocycles. The molecule has 0 unspecified atom stereocenters. The number of nitrogens with one attached hydrogen (secondary N) is 2. The molecule has 2 rings (SSSR count). The van der Waals surface area contributed by atoms with Crippen molar-refractivity contribution in [3.63, 3.8) is 0 Å². The van der Waals surface area contributed by atoms with E-state index in [4.69, 9.17) is 0 Å². The van der Waals surface area contributed by atoms with E-state index in [0.29, 0.717) is 17.3 Å². The molecule has 2 amide bonds.